The number of ether oxygens (including phenoxy) is 1. The van der Waals surface area contributed by atoms with Crippen molar-refractivity contribution in [2.24, 2.45) is 0 Å². The quantitative estimate of drug-likeness (QED) is 0.749. The van der Waals surface area contributed by atoms with Crippen molar-refractivity contribution in [3.05, 3.63) is 41.9 Å². The van der Waals surface area contributed by atoms with E-state index in [1.165, 1.54) is 0 Å². The molecular weight excluding hydrogens is 354 g/mol. The highest BCUT2D eigenvalue weighted by atomic mass is 16.5. The van der Waals surface area contributed by atoms with E-state index in [1.807, 2.05) is 35.1 Å². The second-order valence-electron chi connectivity index (χ2n) is 8.40. The van der Waals surface area contributed by atoms with E-state index < -0.39 is 0 Å². The zero-order valence-electron chi connectivity index (χ0n) is 16.9. The summed E-state index contributed by atoms with van der Waals surface area (Å²) in [6, 6.07) is 7.98. The van der Waals surface area contributed by atoms with Crippen molar-refractivity contribution >= 4 is 16.9 Å². The number of anilines is 1. The Morgan fingerprint density at radius 2 is 1.93 bits per heavy atom. The number of methoxy groups -OCH3 is 1. The summed E-state index contributed by atoms with van der Waals surface area (Å²) in [6.07, 6.45) is 2.29. The van der Waals surface area contributed by atoms with Crippen LogP contribution in [0.5, 0.6) is 5.75 Å². The van der Waals surface area contributed by atoms with Crippen molar-refractivity contribution in [1.29, 1.82) is 0 Å². The third-order valence-corrected chi connectivity index (χ3v) is 5.10. The lowest BCUT2D eigenvalue weighted by molar-refractivity contribution is 0.198. The molecule has 1 N–H and O–H groups in total. The van der Waals surface area contributed by atoms with E-state index in [2.05, 4.69) is 30.8 Å². The highest BCUT2D eigenvalue weighted by Crippen LogP contribution is 2.30. The van der Waals surface area contributed by atoms with Crippen LogP contribution >= 0.6 is 0 Å². The third-order valence-electron chi connectivity index (χ3n) is 5.10. The summed E-state index contributed by atoms with van der Waals surface area (Å²) in [5.74, 6) is 2.49. The highest BCUT2D eigenvalue weighted by molar-refractivity contribution is 5.87. The molecule has 28 heavy (non-hydrogen) atoms. The number of fused-ring (bicyclic) bond motifs is 1. The van der Waals surface area contributed by atoms with Crippen molar-refractivity contribution in [3.8, 4) is 5.75 Å². The summed E-state index contributed by atoms with van der Waals surface area (Å²) in [5, 5.41) is 15.5. The van der Waals surface area contributed by atoms with Gasteiger partial charge in [-0.15, -0.1) is 0 Å². The molecule has 3 heterocycles. The summed E-state index contributed by atoms with van der Waals surface area (Å²) < 4.78 is 7.16. The molecule has 0 aliphatic carbocycles. The molecule has 7 heteroatoms. The molecule has 1 saturated heterocycles. The molecular formula is C21H27N5O2. The Morgan fingerprint density at radius 1 is 1.18 bits per heavy atom. The SMILES string of the molecule is COc1ccc(Cn2ncc3c(N4CC[C@H](O)C4)nc(C(C)(C)C)nc32)cc1. The number of aliphatic hydroxyl groups excluding tert-OH is 1. The standard InChI is InChI=1S/C21H27N5O2/c1-21(2,3)20-23-18(25-10-9-15(27)13-25)17-11-22-26(19(17)24-20)12-14-5-7-16(28-4)8-6-14/h5-8,11,15,27H,9-10,12-13H2,1-4H3/t15-/m0/s1. The summed E-state index contributed by atoms with van der Waals surface area (Å²) in [6.45, 7) is 8.35. The van der Waals surface area contributed by atoms with Crippen molar-refractivity contribution < 1.29 is 9.84 Å². The van der Waals surface area contributed by atoms with E-state index in [9.17, 15) is 5.11 Å². The molecule has 7 nitrogen and oxygen atoms in total. The number of nitrogens with zero attached hydrogens (tertiary/aromatic N) is 5. The van der Waals surface area contributed by atoms with Gasteiger partial charge in [0.2, 0.25) is 0 Å². The fourth-order valence-electron chi connectivity index (χ4n) is 3.47. The molecule has 0 spiro atoms. The largest absolute Gasteiger partial charge is 0.497 e. The van der Waals surface area contributed by atoms with E-state index in [0.29, 0.717) is 13.1 Å². The van der Waals surface area contributed by atoms with Gasteiger partial charge in [-0.2, -0.15) is 5.10 Å². The minimum absolute atomic E-state index is 0.184. The van der Waals surface area contributed by atoms with Crippen LogP contribution in [0.15, 0.2) is 30.5 Å². The van der Waals surface area contributed by atoms with Gasteiger partial charge in [-0.05, 0) is 24.1 Å². The molecule has 148 valence electrons. The Labute approximate surface area is 165 Å². The van der Waals surface area contributed by atoms with Gasteiger partial charge < -0.3 is 14.7 Å². The Kier molecular flexibility index (Phi) is 4.71. The average molecular weight is 381 g/mol. The number of hydrogen-bond acceptors (Lipinski definition) is 6. The van der Waals surface area contributed by atoms with Crippen LogP contribution in [-0.2, 0) is 12.0 Å². The fraction of sp³-hybridized carbons (Fsp3) is 0.476. The molecule has 1 aromatic carbocycles. The predicted molar refractivity (Wildman–Crippen MR) is 109 cm³/mol. The summed E-state index contributed by atoms with van der Waals surface area (Å²) in [7, 11) is 1.66. The molecule has 3 aromatic rings. The Hall–Kier alpha value is -2.67. The maximum Gasteiger partial charge on any atom is 0.163 e. The van der Waals surface area contributed by atoms with Gasteiger partial charge in [-0.25, -0.2) is 14.6 Å². The van der Waals surface area contributed by atoms with Crippen molar-refractivity contribution in [1.82, 2.24) is 19.7 Å². The van der Waals surface area contributed by atoms with Gasteiger partial charge >= 0.3 is 0 Å². The van der Waals surface area contributed by atoms with E-state index >= 15 is 0 Å². The fourth-order valence-corrected chi connectivity index (χ4v) is 3.47. The molecule has 1 atom stereocenters. The first-order valence-corrected chi connectivity index (χ1v) is 9.65. The van der Waals surface area contributed by atoms with Crippen LogP contribution in [-0.4, -0.2) is 51.2 Å². The molecule has 0 radical (unpaired) electrons. The first-order valence-electron chi connectivity index (χ1n) is 9.65. The first-order chi connectivity index (χ1) is 13.3. The molecule has 1 aliphatic heterocycles. The maximum absolute atomic E-state index is 9.99. The van der Waals surface area contributed by atoms with Gasteiger partial charge in [0.15, 0.2) is 5.65 Å². The maximum atomic E-state index is 9.99. The Morgan fingerprint density at radius 3 is 2.54 bits per heavy atom. The number of rotatable bonds is 4. The number of aliphatic hydroxyl groups is 1. The number of aromatic nitrogens is 4. The summed E-state index contributed by atoms with van der Waals surface area (Å²) in [4.78, 5) is 11.9. The van der Waals surface area contributed by atoms with Gasteiger partial charge in [0, 0.05) is 18.5 Å². The van der Waals surface area contributed by atoms with Crippen LogP contribution in [0, 0.1) is 0 Å². The zero-order valence-corrected chi connectivity index (χ0v) is 16.9. The number of hydrogen-bond donors (Lipinski definition) is 1. The minimum Gasteiger partial charge on any atom is -0.497 e. The van der Waals surface area contributed by atoms with E-state index in [1.54, 1.807) is 7.11 Å². The van der Waals surface area contributed by atoms with Crippen molar-refractivity contribution in [2.45, 2.75) is 45.3 Å². The molecule has 0 saturated carbocycles. The molecule has 0 unspecified atom stereocenters. The Balaban J connectivity index is 1.77. The van der Waals surface area contributed by atoms with E-state index in [0.717, 1.165) is 47.0 Å². The van der Waals surface area contributed by atoms with Gasteiger partial charge in [-0.1, -0.05) is 32.9 Å². The minimum atomic E-state index is -0.308. The molecule has 1 aliphatic rings. The van der Waals surface area contributed by atoms with Gasteiger partial charge in [-0.3, -0.25) is 0 Å². The van der Waals surface area contributed by atoms with Crippen LogP contribution in [0.1, 0.15) is 38.6 Å². The number of β-amino-alcohol motifs (C(OH)–C–C–N with tert-alkyl or cyclic N) is 1. The van der Waals surface area contributed by atoms with Gasteiger partial charge in [0.05, 0.1) is 31.3 Å². The average Bonchev–Trinajstić information content (AvgIpc) is 3.27. The first kappa shape index (κ1) is 18.7. The lowest BCUT2D eigenvalue weighted by atomic mass is 9.95. The molecule has 4 rings (SSSR count). The van der Waals surface area contributed by atoms with Crippen LogP contribution < -0.4 is 9.64 Å². The smallest absolute Gasteiger partial charge is 0.163 e. The highest BCUT2D eigenvalue weighted by Gasteiger charge is 2.27. The van der Waals surface area contributed by atoms with Crippen molar-refractivity contribution in [3.63, 3.8) is 0 Å². The lowest BCUT2D eigenvalue weighted by Gasteiger charge is -2.22. The number of benzene rings is 1. The third kappa shape index (κ3) is 3.54. The monoisotopic (exact) mass is 381 g/mol. The molecule has 0 amide bonds. The van der Waals surface area contributed by atoms with Crippen molar-refractivity contribution in [2.75, 3.05) is 25.1 Å². The Bertz CT molecular complexity index is 975. The second-order valence-corrected chi connectivity index (χ2v) is 8.40. The topological polar surface area (TPSA) is 76.3 Å². The van der Waals surface area contributed by atoms with Crippen LogP contribution in [0.25, 0.3) is 11.0 Å². The summed E-state index contributed by atoms with van der Waals surface area (Å²) >= 11 is 0. The van der Waals surface area contributed by atoms with Crippen LogP contribution in [0.2, 0.25) is 0 Å². The second kappa shape index (κ2) is 7.05. The molecule has 0 bridgehead atoms. The van der Waals surface area contributed by atoms with Gasteiger partial charge in [0.25, 0.3) is 0 Å². The van der Waals surface area contributed by atoms with E-state index in [4.69, 9.17) is 14.7 Å². The van der Waals surface area contributed by atoms with E-state index in [-0.39, 0.29) is 11.5 Å². The lowest BCUT2D eigenvalue weighted by Crippen LogP contribution is -2.25. The summed E-state index contributed by atoms with van der Waals surface area (Å²) in [5.41, 5.74) is 1.77. The molecule has 1 fully saturated rings. The normalized spacial score (nSPS) is 17.5. The predicted octanol–water partition coefficient (Wildman–Crippen LogP) is 2.75. The molecule has 2 aromatic heterocycles. The zero-order chi connectivity index (χ0) is 19.9. The van der Waals surface area contributed by atoms with Gasteiger partial charge in [0.1, 0.15) is 17.4 Å². The van der Waals surface area contributed by atoms with Crippen LogP contribution in [0.4, 0.5) is 5.82 Å². The van der Waals surface area contributed by atoms with Crippen LogP contribution in [0.3, 0.4) is 0 Å².